The molecule has 2 aliphatic rings. The molecule has 27 heavy (non-hydrogen) atoms. The molecule has 6 nitrogen and oxygen atoms in total. The Morgan fingerprint density at radius 2 is 1.89 bits per heavy atom. The Hall–Kier alpha value is -2.05. The molecule has 1 N–H and O–H groups in total. The van der Waals surface area contributed by atoms with Crippen LogP contribution in [0, 0.1) is 0 Å². The van der Waals surface area contributed by atoms with Gasteiger partial charge in [0.25, 0.3) is 0 Å². The number of benzene rings is 1. The summed E-state index contributed by atoms with van der Waals surface area (Å²) in [6.45, 7) is 6.45. The monoisotopic (exact) mass is 372 g/mol. The van der Waals surface area contributed by atoms with E-state index in [1.807, 2.05) is 40.1 Å². The molecule has 3 heterocycles. The van der Waals surface area contributed by atoms with E-state index < -0.39 is 11.2 Å². The number of fused-ring (bicyclic) bond motifs is 3. The fraction of sp³-hybridized carbons (Fsp3) is 0.571. The van der Waals surface area contributed by atoms with Gasteiger partial charge in [-0.15, -0.1) is 0 Å². The first-order chi connectivity index (χ1) is 12.7. The summed E-state index contributed by atoms with van der Waals surface area (Å²) in [5, 5.41) is 12.6. The molecule has 2 atom stereocenters. The Balaban J connectivity index is 1.62. The first-order valence-electron chi connectivity index (χ1n) is 9.53. The van der Waals surface area contributed by atoms with Crippen LogP contribution in [0.4, 0.5) is 4.79 Å². The number of morpholine rings is 1. The summed E-state index contributed by atoms with van der Waals surface area (Å²) in [5.74, 6) is 0. The lowest BCUT2D eigenvalue weighted by Gasteiger charge is -2.51. The van der Waals surface area contributed by atoms with Gasteiger partial charge in [-0.05, 0) is 49.9 Å². The molecule has 2 saturated heterocycles. The van der Waals surface area contributed by atoms with Crippen LogP contribution in [0.3, 0.4) is 0 Å². The van der Waals surface area contributed by atoms with Crippen LogP contribution in [-0.4, -0.2) is 51.6 Å². The van der Waals surface area contributed by atoms with Gasteiger partial charge in [-0.2, -0.15) is 0 Å². The number of hydrogen-bond donors (Lipinski definition) is 1. The molecule has 6 heteroatoms. The quantitative estimate of drug-likeness (QED) is 0.835. The van der Waals surface area contributed by atoms with Crippen LogP contribution >= 0.6 is 0 Å². The van der Waals surface area contributed by atoms with E-state index in [-0.39, 0.29) is 18.2 Å². The van der Waals surface area contributed by atoms with Crippen LogP contribution in [-0.2, 0) is 22.1 Å². The summed E-state index contributed by atoms with van der Waals surface area (Å²) in [4.78, 5) is 14.5. The molecule has 1 amide bonds. The Morgan fingerprint density at radius 3 is 2.52 bits per heavy atom. The first kappa shape index (κ1) is 18.3. The van der Waals surface area contributed by atoms with Crippen LogP contribution in [0.15, 0.2) is 30.5 Å². The summed E-state index contributed by atoms with van der Waals surface area (Å²) < 4.78 is 13.3. The minimum absolute atomic E-state index is 0.191. The number of carbonyl (C=O) groups is 1. The third kappa shape index (κ3) is 3.32. The van der Waals surface area contributed by atoms with Crippen molar-refractivity contribution in [3.05, 3.63) is 36.0 Å². The number of rotatable bonds is 1. The lowest BCUT2D eigenvalue weighted by molar-refractivity contribution is -0.141. The van der Waals surface area contributed by atoms with E-state index in [1.165, 1.54) is 0 Å². The first-order valence-corrected chi connectivity index (χ1v) is 9.53. The van der Waals surface area contributed by atoms with Gasteiger partial charge in [0.15, 0.2) is 0 Å². The molecule has 0 aliphatic carbocycles. The van der Waals surface area contributed by atoms with Gasteiger partial charge < -0.3 is 19.1 Å². The standard InChI is InChI=1S/C21H28N2O4/c1-20(2,3)27-19(24)23-16-10-21(25,11-17(23)13-26-12-16)15-5-6-18-14(9-15)7-8-22(18)4/h5-9,16-17,25H,10-13H2,1-4H3. The van der Waals surface area contributed by atoms with Crippen LogP contribution in [0.5, 0.6) is 0 Å². The lowest BCUT2D eigenvalue weighted by Crippen LogP contribution is -2.63. The highest BCUT2D eigenvalue weighted by molar-refractivity contribution is 5.81. The van der Waals surface area contributed by atoms with E-state index in [2.05, 4.69) is 22.8 Å². The molecule has 1 aromatic heterocycles. The predicted octanol–water partition coefficient (Wildman–Crippen LogP) is 3.16. The van der Waals surface area contributed by atoms with Gasteiger partial charge >= 0.3 is 6.09 Å². The number of aromatic nitrogens is 1. The van der Waals surface area contributed by atoms with Crippen LogP contribution in [0.1, 0.15) is 39.2 Å². The third-order valence-corrected chi connectivity index (χ3v) is 5.58. The van der Waals surface area contributed by atoms with Crippen LogP contribution in [0.25, 0.3) is 10.9 Å². The third-order valence-electron chi connectivity index (χ3n) is 5.58. The molecular formula is C21H28N2O4. The topological polar surface area (TPSA) is 63.9 Å². The fourth-order valence-corrected chi connectivity index (χ4v) is 4.40. The Kier molecular flexibility index (Phi) is 4.24. The Morgan fingerprint density at radius 1 is 1.22 bits per heavy atom. The van der Waals surface area contributed by atoms with E-state index in [0.717, 1.165) is 16.5 Å². The van der Waals surface area contributed by atoms with E-state index in [0.29, 0.717) is 26.1 Å². The van der Waals surface area contributed by atoms with Crippen molar-refractivity contribution in [1.82, 2.24) is 9.47 Å². The van der Waals surface area contributed by atoms with Crippen molar-refractivity contribution in [1.29, 1.82) is 0 Å². The smallest absolute Gasteiger partial charge is 0.410 e. The fourth-order valence-electron chi connectivity index (χ4n) is 4.40. The van der Waals surface area contributed by atoms with Gasteiger partial charge in [-0.1, -0.05) is 6.07 Å². The van der Waals surface area contributed by atoms with Crippen molar-refractivity contribution in [3.8, 4) is 0 Å². The van der Waals surface area contributed by atoms with Crippen molar-refractivity contribution >= 4 is 17.0 Å². The molecule has 0 saturated carbocycles. The number of aryl methyl sites for hydroxylation is 1. The predicted molar refractivity (Wildman–Crippen MR) is 103 cm³/mol. The summed E-state index contributed by atoms with van der Waals surface area (Å²) in [6, 6.07) is 7.79. The van der Waals surface area contributed by atoms with Gasteiger partial charge in [0.05, 0.1) is 30.9 Å². The van der Waals surface area contributed by atoms with Crippen LogP contribution < -0.4 is 0 Å². The number of piperidine rings is 1. The normalized spacial score (nSPS) is 28.4. The second-order valence-electron chi connectivity index (χ2n) is 8.87. The maximum Gasteiger partial charge on any atom is 0.410 e. The van der Waals surface area contributed by atoms with Crippen molar-refractivity contribution in [2.45, 2.75) is 56.9 Å². The second kappa shape index (κ2) is 6.24. The van der Waals surface area contributed by atoms with Crippen LogP contribution in [0.2, 0.25) is 0 Å². The Labute approximate surface area is 159 Å². The molecule has 2 unspecified atom stereocenters. The second-order valence-corrected chi connectivity index (χ2v) is 8.87. The van der Waals surface area contributed by atoms with E-state index in [4.69, 9.17) is 9.47 Å². The van der Waals surface area contributed by atoms with E-state index in [9.17, 15) is 9.90 Å². The van der Waals surface area contributed by atoms with Crippen molar-refractivity contribution < 1.29 is 19.4 Å². The van der Waals surface area contributed by atoms with Gasteiger partial charge in [0.2, 0.25) is 0 Å². The molecule has 2 fully saturated rings. The summed E-state index contributed by atoms with van der Waals surface area (Å²) in [7, 11) is 2.01. The molecule has 146 valence electrons. The highest BCUT2D eigenvalue weighted by atomic mass is 16.6. The van der Waals surface area contributed by atoms with Gasteiger partial charge in [0.1, 0.15) is 5.60 Å². The molecule has 0 radical (unpaired) electrons. The van der Waals surface area contributed by atoms with Crippen molar-refractivity contribution in [2.75, 3.05) is 13.2 Å². The molecule has 2 aromatic rings. The highest BCUT2D eigenvalue weighted by Gasteiger charge is 2.49. The number of carbonyl (C=O) groups excluding carboxylic acids is 1. The average Bonchev–Trinajstić information content (AvgIpc) is 2.93. The molecular weight excluding hydrogens is 344 g/mol. The average molecular weight is 372 g/mol. The zero-order valence-electron chi connectivity index (χ0n) is 16.4. The number of hydrogen-bond acceptors (Lipinski definition) is 4. The summed E-state index contributed by atoms with van der Waals surface area (Å²) in [5.41, 5.74) is 0.527. The maximum atomic E-state index is 12.7. The van der Waals surface area contributed by atoms with Gasteiger partial charge in [-0.3, -0.25) is 4.90 Å². The van der Waals surface area contributed by atoms with E-state index >= 15 is 0 Å². The maximum absolute atomic E-state index is 12.7. The summed E-state index contributed by atoms with van der Waals surface area (Å²) in [6.07, 6.45) is 2.59. The highest BCUT2D eigenvalue weighted by Crippen LogP contribution is 2.42. The molecule has 2 bridgehead atoms. The zero-order chi connectivity index (χ0) is 19.4. The Bertz CT molecular complexity index is 853. The lowest BCUT2D eigenvalue weighted by atomic mass is 9.77. The van der Waals surface area contributed by atoms with Crippen molar-refractivity contribution in [2.24, 2.45) is 7.05 Å². The SMILES string of the molecule is Cn1ccc2cc(C3(O)CC4COCC(C3)N4C(=O)OC(C)(C)C)ccc21. The minimum Gasteiger partial charge on any atom is -0.444 e. The number of nitrogens with zero attached hydrogens (tertiary/aromatic N) is 2. The van der Waals surface area contributed by atoms with Crippen molar-refractivity contribution in [3.63, 3.8) is 0 Å². The number of aliphatic hydroxyl groups is 1. The largest absolute Gasteiger partial charge is 0.444 e. The molecule has 0 spiro atoms. The zero-order valence-corrected chi connectivity index (χ0v) is 16.4. The van der Waals surface area contributed by atoms with E-state index in [1.54, 1.807) is 4.90 Å². The number of ether oxygens (including phenoxy) is 2. The van der Waals surface area contributed by atoms with Gasteiger partial charge in [0, 0.05) is 31.6 Å². The van der Waals surface area contributed by atoms with Gasteiger partial charge in [-0.25, -0.2) is 4.79 Å². The number of amides is 1. The molecule has 4 rings (SSSR count). The molecule has 1 aromatic carbocycles. The summed E-state index contributed by atoms with van der Waals surface area (Å²) >= 11 is 0. The molecule has 2 aliphatic heterocycles. The minimum atomic E-state index is -0.971.